The first-order valence-electron chi connectivity index (χ1n) is 6.48. The zero-order valence-electron chi connectivity index (χ0n) is 10.9. The average molecular weight is 309 g/mol. The molecule has 7 heteroatoms. The molecule has 0 radical (unpaired) electrons. The third kappa shape index (κ3) is 3.37. The second kappa shape index (κ2) is 6.36. The molecular weight excluding hydrogens is 294 g/mol. The lowest BCUT2D eigenvalue weighted by Crippen LogP contribution is -2.39. The van der Waals surface area contributed by atoms with Gasteiger partial charge in [0.15, 0.2) is 0 Å². The van der Waals surface area contributed by atoms with Gasteiger partial charge >= 0.3 is 0 Å². The maximum atomic E-state index is 12.2. The van der Waals surface area contributed by atoms with E-state index in [1.54, 1.807) is 0 Å². The topological polar surface area (TPSA) is 93.8 Å². The average Bonchev–Trinajstić information content (AvgIpc) is 2.95. The number of rotatable bonds is 4. The summed E-state index contributed by atoms with van der Waals surface area (Å²) >= 11 is 0.918. The number of nitriles is 2. The molecule has 1 aromatic rings. The molecule has 0 saturated heterocycles. The molecule has 1 atom stereocenters. The Balaban J connectivity index is 2.13. The summed E-state index contributed by atoms with van der Waals surface area (Å²) < 4.78 is 27.0. The van der Waals surface area contributed by atoms with Crippen molar-refractivity contribution in [2.24, 2.45) is 5.92 Å². The highest BCUT2D eigenvalue weighted by Crippen LogP contribution is 2.28. The van der Waals surface area contributed by atoms with Gasteiger partial charge in [0.05, 0.1) is 6.07 Å². The molecule has 0 aromatic carbocycles. The zero-order valence-corrected chi connectivity index (χ0v) is 12.5. The third-order valence-electron chi connectivity index (χ3n) is 3.50. The van der Waals surface area contributed by atoms with Gasteiger partial charge in [0.2, 0.25) is 0 Å². The summed E-state index contributed by atoms with van der Waals surface area (Å²) in [6.45, 7) is 0. The number of hydrogen-bond acceptors (Lipinski definition) is 5. The van der Waals surface area contributed by atoms with Gasteiger partial charge in [-0.15, -0.1) is 11.3 Å². The Morgan fingerprint density at radius 2 is 1.95 bits per heavy atom. The molecule has 1 aliphatic rings. The van der Waals surface area contributed by atoms with Crippen LogP contribution in [0.3, 0.4) is 0 Å². The molecule has 0 amide bonds. The molecule has 0 bridgehead atoms. The zero-order chi connectivity index (χ0) is 14.6. The Morgan fingerprint density at radius 3 is 2.50 bits per heavy atom. The molecule has 0 spiro atoms. The van der Waals surface area contributed by atoms with Crippen LogP contribution in [0.4, 0.5) is 0 Å². The van der Waals surface area contributed by atoms with Crippen molar-refractivity contribution < 1.29 is 8.42 Å². The SMILES string of the molecule is N#Cc1ccc(S(=O)(=O)NC(C#N)C2CCCCC2)s1. The lowest BCUT2D eigenvalue weighted by molar-refractivity contribution is 0.324. The molecule has 20 heavy (non-hydrogen) atoms. The molecule has 1 aliphatic carbocycles. The lowest BCUT2D eigenvalue weighted by Gasteiger charge is -2.25. The fourth-order valence-corrected chi connectivity index (χ4v) is 4.78. The fraction of sp³-hybridized carbons (Fsp3) is 0.538. The van der Waals surface area contributed by atoms with Crippen molar-refractivity contribution in [2.45, 2.75) is 42.4 Å². The molecule has 1 unspecified atom stereocenters. The molecule has 106 valence electrons. The first kappa shape index (κ1) is 15.0. The quantitative estimate of drug-likeness (QED) is 0.923. The standard InChI is InChI=1S/C13H15N3O2S2/c14-8-11-6-7-13(19-11)20(17,18)16-12(9-15)10-4-2-1-3-5-10/h6-7,10,12,16H,1-5H2. The van der Waals surface area contributed by atoms with Crippen LogP contribution in [0, 0.1) is 28.6 Å². The van der Waals surface area contributed by atoms with E-state index in [4.69, 9.17) is 5.26 Å². The second-order valence-corrected chi connectivity index (χ2v) is 7.88. The van der Waals surface area contributed by atoms with Crippen LogP contribution in [0.5, 0.6) is 0 Å². The highest BCUT2D eigenvalue weighted by atomic mass is 32.2. The third-order valence-corrected chi connectivity index (χ3v) is 6.42. The minimum Gasteiger partial charge on any atom is -0.206 e. The Hall–Kier alpha value is -1.41. The first-order valence-corrected chi connectivity index (χ1v) is 8.78. The normalized spacial score (nSPS) is 18.1. The Bertz CT molecular complexity index is 646. The minimum atomic E-state index is -3.72. The van der Waals surface area contributed by atoms with E-state index in [1.165, 1.54) is 12.1 Å². The molecule has 1 aromatic heterocycles. The van der Waals surface area contributed by atoms with E-state index in [-0.39, 0.29) is 10.1 Å². The Labute approximate surface area is 122 Å². The maximum absolute atomic E-state index is 12.2. The minimum absolute atomic E-state index is 0.0823. The lowest BCUT2D eigenvalue weighted by atomic mass is 9.85. The second-order valence-electron chi connectivity index (χ2n) is 4.86. The molecule has 1 fully saturated rings. The number of nitrogens with one attached hydrogen (secondary N) is 1. The molecular formula is C13H15N3O2S2. The summed E-state index contributed by atoms with van der Waals surface area (Å²) in [5.41, 5.74) is 0. The summed E-state index contributed by atoms with van der Waals surface area (Å²) in [7, 11) is -3.72. The van der Waals surface area contributed by atoms with Gasteiger partial charge in [0, 0.05) is 0 Å². The van der Waals surface area contributed by atoms with E-state index in [0.29, 0.717) is 4.88 Å². The van der Waals surface area contributed by atoms with Gasteiger partial charge in [-0.1, -0.05) is 19.3 Å². The van der Waals surface area contributed by atoms with Crippen molar-refractivity contribution in [3.05, 3.63) is 17.0 Å². The van der Waals surface area contributed by atoms with E-state index < -0.39 is 16.1 Å². The summed E-state index contributed by atoms with van der Waals surface area (Å²) in [4.78, 5) is 0.344. The fourth-order valence-electron chi connectivity index (χ4n) is 2.45. The number of sulfonamides is 1. The van der Waals surface area contributed by atoms with E-state index >= 15 is 0 Å². The van der Waals surface area contributed by atoms with Crippen molar-refractivity contribution >= 4 is 21.4 Å². The van der Waals surface area contributed by atoms with Crippen molar-refractivity contribution in [1.82, 2.24) is 4.72 Å². The molecule has 0 aliphatic heterocycles. The van der Waals surface area contributed by atoms with E-state index in [9.17, 15) is 13.7 Å². The van der Waals surface area contributed by atoms with Crippen LogP contribution in [0.25, 0.3) is 0 Å². The predicted octanol–water partition coefficient (Wildman–Crippen LogP) is 2.37. The monoisotopic (exact) mass is 309 g/mol. The number of thiophene rings is 1. The highest BCUT2D eigenvalue weighted by molar-refractivity contribution is 7.91. The number of nitrogens with zero attached hydrogens (tertiary/aromatic N) is 2. The van der Waals surface area contributed by atoms with Crippen LogP contribution in [0.2, 0.25) is 0 Å². The molecule has 1 N–H and O–H groups in total. The molecule has 2 rings (SSSR count). The van der Waals surface area contributed by atoms with E-state index in [0.717, 1.165) is 43.4 Å². The summed E-state index contributed by atoms with van der Waals surface area (Å²) in [6, 6.07) is 6.17. The van der Waals surface area contributed by atoms with Gasteiger partial charge in [-0.3, -0.25) is 0 Å². The molecule has 1 saturated carbocycles. The van der Waals surface area contributed by atoms with Gasteiger partial charge in [0.1, 0.15) is 21.2 Å². The smallest absolute Gasteiger partial charge is 0.206 e. The van der Waals surface area contributed by atoms with Crippen LogP contribution in [0.1, 0.15) is 37.0 Å². The van der Waals surface area contributed by atoms with Gasteiger partial charge in [-0.25, -0.2) is 8.42 Å². The van der Waals surface area contributed by atoms with Crippen LogP contribution in [0.15, 0.2) is 16.3 Å². The number of hydrogen-bond donors (Lipinski definition) is 1. The summed E-state index contributed by atoms with van der Waals surface area (Å²) in [5, 5.41) is 18.0. The summed E-state index contributed by atoms with van der Waals surface area (Å²) in [6.07, 6.45) is 5.01. The Kier molecular flexibility index (Phi) is 4.77. The van der Waals surface area contributed by atoms with Gasteiger partial charge < -0.3 is 0 Å². The van der Waals surface area contributed by atoms with E-state index in [2.05, 4.69) is 10.8 Å². The first-order chi connectivity index (χ1) is 9.56. The van der Waals surface area contributed by atoms with Crippen LogP contribution >= 0.6 is 11.3 Å². The maximum Gasteiger partial charge on any atom is 0.251 e. The van der Waals surface area contributed by atoms with Crippen molar-refractivity contribution in [1.29, 1.82) is 10.5 Å². The predicted molar refractivity (Wildman–Crippen MR) is 75.3 cm³/mol. The van der Waals surface area contributed by atoms with Crippen LogP contribution in [-0.2, 0) is 10.0 Å². The van der Waals surface area contributed by atoms with Gasteiger partial charge in [-0.05, 0) is 30.9 Å². The van der Waals surface area contributed by atoms with Crippen molar-refractivity contribution in [3.8, 4) is 12.1 Å². The highest BCUT2D eigenvalue weighted by Gasteiger charge is 2.29. The Morgan fingerprint density at radius 1 is 1.25 bits per heavy atom. The van der Waals surface area contributed by atoms with Crippen molar-refractivity contribution in [3.63, 3.8) is 0 Å². The van der Waals surface area contributed by atoms with Gasteiger partial charge in [-0.2, -0.15) is 15.2 Å². The molecule has 1 heterocycles. The van der Waals surface area contributed by atoms with E-state index in [1.807, 2.05) is 6.07 Å². The van der Waals surface area contributed by atoms with Crippen molar-refractivity contribution in [2.75, 3.05) is 0 Å². The van der Waals surface area contributed by atoms with Crippen LogP contribution in [-0.4, -0.2) is 14.5 Å². The largest absolute Gasteiger partial charge is 0.251 e. The van der Waals surface area contributed by atoms with Crippen LogP contribution < -0.4 is 4.72 Å². The van der Waals surface area contributed by atoms with Gasteiger partial charge in [0.25, 0.3) is 10.0 Å². The molecule has 5 nitrogen and oxygen atoms in total. The summed E-state index contributed by atoms with van der Waals surface area (Å²) in [5.74, 6) is 0.0823.